The summed E-state index contributed by atoms with van der Waals surface area (Å²) in [6.45, 7) is 4.49. The van der Waals surface area contributed by atoms with Crippen molar-refractivity contribution >= 4 is 29.7 Å². The molecule has 1 saturated heterocycles. The lowest BCUT2D eigenvalue weighted by Gasteiger charge is -2.48. The predicted octanol–water partition coefficient (Wildman–Crippen LogP) is 11.1. The Kier molecular flexibility index (Phi) is 18.9. The second kappa shape index (κ2) is 25.9. The fraction of sp³-hybridized carbons (Fsp3) is 0.322. The van der Waals surface area contributed by atoms with Gasteiger partial charge in [-0.2, -0.15) is 0 Å². The summed E-state index contributed by atoms with van der Waals surface area (Å²) in [6, 6.07) is 52.6. The molecule has 8 rings (SSSR count). The van der Waals surface area contributed by atoms with Gasteiger partial charge in [0.2, 0.25) is 5.91 Å². The van der Waals surface area contributed by atoms with Gasteiger partial charge in [0.25, 0.3) is 0 Å². The second-order valence-electron chi connectivity index (χ2n) is 18.2. The van der Waals surface area contributed by atoms with Gasteiger partial charge in [-0.3, -0.25) is 15.0 Å². The number of aliphatic hydroxyl groups is 1. The van der Waals surface area contributed by atoms with E-state index < -0.39 is 17.8 Å². The zero-order valence-corrected chi connectivity index (χ0v) is 40.6. The number of rotatable bonds is 21. The third kappa shape index (κ3) is 14.8. The van der Waals surface area contributed by atoms with E-state index in [2.05, 4.69) is 41.4 Å². The van der Waals surface area contributed by atoms with E-state index in [4.69, 9.17) is 30.1 Å². The fourth-order valence-electron chi connectivity index (χ4n) is 9.17. The summed E-state index contributed by atoms with van der Waals surface area (Å²) in [7, 11) is 0. The molecule has 1 aliphatic heterocycles. The van der Waals surface area contributed by atoms with E-state index in [1.165, 1.54) is 19.1 Å². The number of hydrogen-bond acceptors (Lipinski definition) is 8. The minimum Gasteiger partial charge on any atom is -0.458 e. The Labute approximate surface area is 417 Å². The number of halogens is 1. The zero-order valence-electron chi connectivity index (χ0n) is 40.6. The molecule has 370 valence electrons. The highest BCUT2D eigenvalue weighted by molar-refractivity contribution is 6.01. The molecule has 0 radical (unpaired) electrons. The monoisotopic (exact) mass is 960 g/mol. The van der Waals surface area contributed by atoms with Crippen molar-refractivity contribution in [1.29, 1.82) is 5.41 Å². The van der Waals surface area contributed by atoms with Crippen molar-refractivity contribution in [3.63, 3.8) is 0 Å². The first-order valence-electron chi connectivity index (χ1n) is 24.4. The Morgan fingerprint density at radius 3 is 1.75 bits per heavy atom. The molecular weight excluding hydrogens is 896 g/mol. The summed E-state index contributed by atoms with van der Waals surface area (Å²) in [5, 5.41) is 19.9. The van der Waals surface area contributed by atoms with E-state index in [9.17, 15) is 19.1 Å². The molecule has 4 atom stereocenters. The average Bonchev–Trinajstić information content (AvgIpc) is 3.39. The molecule has 1 aliphatic carbocycles. The lowest BCUT2D eigenvalue weighted by Crippen LogP contribution is -2.60. The Morgan fingerprint density at radius 1 is 0.746 bits per heavy atom. The lowest BCUT2D eigenvalue weighted by atomic mass is 9.74. The number of carbonyl (C=O) groups excluding carboxylic acids is 2. The third-order valence-electron chi connectivity index (χ3n) is 13.1. The van der Waals surface area contributed by atoms with Crippen LogP contribution in [0.15, 0.2) is 169 Å². The molecule has 11 nitrogen and oxygen atoms in total. The Hall–Kier alpha value is -6.83. The molecule has 0 spiro atoms. The smallest absolute Gasteiger partial charge is 0.303 e. The standard InChI is InChI=1S/C48H52N4O5.C11H13FO2/c49-34-51-46(50)25-20-35-18-23-41(24-19-35)52-43(30-47(52)53)40-21-16-36(17-22-40)26-27-48(54)44(56-32-38-12-6-2-7-13-38)28-42(55-31-37-10-4-1-5-11-37)29-45(48)57-33-39-14-8-3-9-15-39;1-3-11(14-8(2)13)9-4-6-10(12)7-5-9/h1-19,21-24,34,42-45,54H,20,25-33H2,(H3,49,50,51);4-7,11H,3H2,1-2H3. The Balaban J connectivity index is 0.000000457. The number of nitrogens with one attached hydrogen (secondary N) is 1. The summed E-state index contributed by atoms with van der Waals surface area (Å²) in [5.74, 6) is -0.0888. The number of ether oxygens (including phenoxy) is 4. The lowest BCUT2D eigenvalue weighted by molar-refractivity contribution is -0.232. The number of aliphatic imine (C=N–C) groups is 1. The van der Waals surface area contributed by atoms with Gasteiger partial charge in [-0.05, 0) is 88.9 Å². The number of amidine groups is 1. The first-order chi connectivity index (χ1) is 34.5. The van der Waals surface area contributed by atoms with Gasteiger partial charge < -0.3 is 34.7 Å². The molecule has 2 fully saturated rings. The zero-order chi connectivity index (χ0) is 50.0. The van der Waals surface area contributed by atoms with Crippen LogP contribution in [0.5, 0.6) is 0 Å². The molecule has 1 amide bonds. The molecule has 6 aromatic carbocycles. The van der Waals surface area contributed by atoms with Crippen LogP contribution < -0.4 is 10.6 Å². The number of β-lactam (4-membered cyclic amide) rings is 1. The highest BCUT2D eigenvalue weighted by Crippen LogP contribution is 2.41. The average molecular weight is 961 g/mol. The normalized spacial score (nSPS) is 20.3. The molecule has 0 bridgehead atoms. The summed E-state index contributed by atoms with van der Waals surface area (Å²) in [4.78, 5) is 29.3. The minimum atomic E-state index is -1.28. The minimum absolute atomic E-state index is 0.0466. The summed E-state index contributed by atoms with van der Waals surface area (Å²) < 4.78 is 37.5. The van der Waals surface area contributed by atoms with Crippen molar-refractivity contribution in [2.45, 2.75) is 121 Å². The van der Waals surface area contributed by atoms with Crippen LogP contribution in [0.1, 0.15) is 103 Å². The molecule has 1 saturated carbocycles. The van der Waals surface area contributed by atoms with Crippen molar-refractivity contribution in [1.82, 2.24) is 0 Å². The van der Waals surface area contributed by atoms with Crippen LogP contribution in [0.4, 0.5) is 10.1 Å². The first kappa shape index (κ1) is 52.0. The van der Waals surface area contributed by atoms with Crippen LogP contribution in [0, 0.1) is 11.2 Å². The number of amides is 1. The van der Waals surface area contributed by atoms with Gasteiger partial charge in [-0.25, -0.2) is 9.38 Å². The molecule has 4 unspecified atom stereocenters. The van der Waals surface area contributed by atoms with Gasteiger partial charge >= 0.3 is 5.97 Å². The Bertz CT molecular complexity index is 2560. The van der Waals surface area contributed by atoms with E-state index in [1.807, 2.05) is 115 Å². The van der Waals surface area contributed by atoms with Gasteiger partial charge in [-0.15, -0.1) is 0 Å². The number of benzene rings is 6. The Morgan fingerprint density at radius 2 is 1.25 bits per heavy atom. The molecule has 12 heteroatoms. The van der Waals surface area contributed by atoms with Gasteiger partial charge in [0, 0.05) is 31.9 Å². The number of hydrogen-bond donors (Lipinski definition) is 3. The second-order valence-corrected chi connectivity index (χ2v) is 18.2. The van der Waals surface area contributed by atoms with Crippen molar-refractivity contribution in [3.8, 4) is 0 Å². The fourth-order valence-corrected chi connectivity index (χ4v) is 9.17. The molecule has 1 heterocycles. The number of esters is 1. The molecule has 71 heavy (non-hydrogen) atoms. The molecule has 6 aromatic rings. The number of carbonyl (C=O) groups is 2. The van der Waals surface area contributed by atoms with E-state index in [0.717, 1.165) is 51.0 Å². The number of aryl methyl sites for hydroxylation is 2. The van der Waals surface area contributed by atoms with Crippen LogP contribution >= 0.6 is 0 Å². The van der Waals surface area contributed by atoms with E-state index >= 15 is 0 Å². The van der Waals surface area contributed by atoms with Crippen LogP contribution in [0.25, 0.3) is 0 Å². The maximum absolute atomic E-state index is 12.9. The largest absolute Gasteiger partial charge is 0.458 e. The van der Waals surface area contributed by atoms with E-state index in [1.54, 1.807) is 12.1 Å². The topological polar surface area (TPSA) is 157 Å². The highest BCUT2D eigenvalue weighted by Gasteiger charge is 2.51. The summed E-state index contributed by atoms with van der Waals surface area (Å²) in [6.07, 6.45) is 4.02. The van der Waals surface area contributed by atoms with Crippen molar-refractivity contribution in [2.24, 2.45) is 10.7 Å². The number of nitrogens with zero attached hydrogens (tertiary/aromatic N) is 2. The van der Waals surface area contributed by atoms with Gasteiger partial charge in [0.15, 0.2) is 0 Å². The molecular formula is C59H65FN4O7. The predicted molar refractivity (Wildman–Crippen MR) is 275 cm³/mol. The van der Waals surface area contributed by atoms with Crippen molar-refractivity contribution in [2.75, 3.05) is 4.90 Å². The van der Waals surface area contributed by atoms with Gasteiger partial charge in [0.1, 0.15) is 29.7 Å². The van der Waals surface area contributed by atoms with Crippen LogP contribution in [0.3, 0.4) is 0 Å². The maximum Gasteiger partial charge on any atom is 0.303 e. The van der Waals surface area contributed by atoms with Crippen molar-refractivity contribution in [3.05, 3.63) is 209 Å². The van der Waals surface area contributed by atoms with Crippen LogP contribution in [-0.2, 0) is 61.2 Å². The van der Waals surface area contributed by atoms with Gasteiger partial charge in [-0.1, -0.05) is 146 Å². The maximum atomic E-state index is 12.9. The number of anilines is 1. The van der Waals surface area contributed by atoms with E-state index in [-0.39, 0.29) is 35.9 Å². The van der Waals surface area contributed by atoms with Crippen molar-refractivity contribution < 1.29 is 38.0 Å². The van der Waals surface area contributed by atoms with Crippen LogP contribution in [0.2, 0.25) is 0 Å². The first-order valence-corrected chi connectivity index (χ1v) is 24.4. The number of nitrogens with two attached hydrogens (primary N) is 1. The highest BCUT2D eigenvalue weighted by atomic mass is 19.1. The molecule has 2 aliphatic rings. The molecule has 0 aromatic heterocycles. The molecule has 4 N–H and O–H groups in total. The van der Waals surface area contributed by atoms with Crippen LogP contribution in [-0.4, -0.2) is 53.1 Å². The SMILES string of the molecule is CCC(OC(C)=O)c1ccc(F)cc1.N=CN=C(N)CCc1ccc(N2C(=O)CC2c2ccc(CCC3(O)C(OCc4ccccc4)CC(OCc4ccccc4)CC3OCc3ccccc3)cc2)cc1. The summed E-state index contributed by atoms with van der Waals surface area (Å²) >= 11 is 0. The summed E-state index contributed by atoms with van der Waals surface area (Å²) in [5.41, 5.74) is 12.7. The van der Waals surface area contributed by atoms with E-state index in [0.29, 0.717) is 77.0 Å². The van der Waals surface area contributed by atoms with Gasteiger partial charge in [0.05, 0.1) is 50.6 Å². The quantitative estimate of drug-likeness (QED) is 0.0279. The third-order valence-corrected chi connectivity index (χ3v) is 13.1.